The number of rotatable bonds is 5. The van der Waals surface area contributed by atoms with Gasteiger partial charge in [0.1, 0.15) is 0 Å². The summed E-state index contributed by atoms with van der Waals surface area (Å²) in [6, 6.07) is 7.13. The van der Waals surface area contributed by atoms with Crippen LogP contribution in [0.25, 0.3) is 11.4 Å². The van der Waals surface area contributed by atoms with E-state index in [0.717, 1.165) is 0 Å². The van der Waals surface area contributed by atoms with Crippen molar-refractivity contribution in [2.75, 3.05) is 0 Å². The fraction of sp³-hybridized carbons (Fsp3) is 0.250. The van der Waals surface area contributed by atoms with Crippen LogP contribution in [0.3, 0.4) is 0 Å². The summed E-state index contributed by atoms with van der Waals surface area (Å²) in [6.07, 6.45) is 0. The molecule has 0 bridgehead atoms. The Morgan fingerprint density at radius 1 is 1.04 bits per heavy atom. The van der Waals surface area contributed by atoms with Crippen LogP contribution in [-0.4, -0.2) is 33.1 Å². The highest BCUT2D eigenvalue weighted by Gasteiger charge is 2.78. The lowest BCUT2D eigenvalue weighted by atomic mass is 10.0. The second kappa shape index (κ2) is 5.25. The number of nitrogens with zero attached hydrogens (tertiary/aromatic N) is 2. The fourth-order valence-corrected chi connectivity index (χ4v) is 1.52. The zero-order valence-corrected chi connectivity index (χ0v) is 10.8. The molecule has 0 spiro atoms. The van der Waals surface area contributed by atoms with Crippen LogP contribution in [0.5, 0.6) is 0 Å². The number of alkyl halides is 6. The summed E-state index contributed by atoms with van der Waals surface area (Å²) < 4.78 is 83.7. The number of halogens is 6. The molecule has 2 rings (SSSR count). The van der Waals surface area contributed by atoms with Gasteiger partial charge >= 0.3 is 29.6 Å². The van der Waals surface area contributed by atoms with Gasteiger partial charge in [-0.05, 0) is 0 Å². The number of benzene rings is 1. The van der Waals surface area contributed by atoms with Crippen LogP contribution in [0.4, 0.5) is 26.3 Å². The monoisotopic (exact) mass is 340 g/mol. The zero-order valence-electron chi connectivity index (χ0n) is 10.8. The summed E-state index contributed by atoms with van der Waals surface area (Å²) in [7, 11) is 0. The van der Waals surface area contributed by atoms with Crippen LogP contribution in [-0.2, 0) is 10.7 Å². The normalized spacial score (nSPS) is 13.1. The number of aromatic nitrogens is 2. The Morgan fingerprint density at radius 3 is 2.13 bits per heavy atom. The van der Waals surface area contributed by atoms with Crippen molar-refractivity contribution in [2.45, 2.75) is 17.8 Å². The highest BCUT2D eigenvalue weighted by atomic mass is 19.3. The van der Waals surface area contributed by atoms with Gasteiger partial charge in [0.05, 0.1) is 0 Å². The van der Waals surface area contributed by atoms with E-state index in [-0.39, 0.29) is 5.56 Å². The van der Waals surface area contributed by atoms with Crippen LogP contribution >= 0.6 is 0 Å². The van der Waals surface area contributed by atoms with Crippen molar-refractivity contribution in [3.05, 3.63) is 36.2 Å². The second-order valence-electron chi connectivity index (χ2n) is 4.32. The predicted molar refractivity (Wildman–Crippen MR) is 61.2 cm³/mol. The Hall–Kier alpha value is -2.59. The molecule has 0 amide bonds. The minimum absolute atomic E-state index is 0.103. The molecular weight excluding hydrogens is 334 g/mol. The third kappa shape index (κ3) is 2.51. The molecule has 1 aromatic heterocycles. The van der Waals surface area contributed by atoms with Crippen LogP contribution in [0.15, 0.2) is 34.9 Å². The number of hydrogen-bond donors (Lipinski definition) is 1. The van der Waals surface area contributed by atoms with Gasteiger partial charge in [-0.1, -0.05) is 35.5 Å². The third-order valence-electron chi connectivity index (χ3n) is 2.78. The van der Waals surface area contributed by atoms with Crippen molar-refractivity contribution in [3.8, 4) is 11.4 Å². The summed E-state index contributed by atoms with van der Waals surface area (Å²) in [6.45, 7) is 0. The van der Waals surface area contributed by atoms with Gasteiger partial charge in [-0.15, -0.1) is 0 Å². The summed E-state index contributed by atoms with van der Waals surface area (Å²) in [4.78, 5) is 13.1. The van der Waals surface area contributed by atoms with Gasteiger partial charge in [0.25, 0.3) is 0 Å². The maximum Gasteiger partial charge on any atom is 0.411 e. The molecule has 124 valence electrons. The lowest BCUT2D eigenvalue weighted by molar-refractivity contribution is -0.315. The van der Waals surface area contributed by atoms with E-state index in [0.29, 0.717) is 0 Å². The van der Waals surface area contributed by atoms with Crippen molar-refractivity contribution in [1.29, 1.82) is 0 Å². The van der Waals surface area contributed by atoms with Crippen molar-refractivity contribution in [3.63, 3.8) is 0 Å². The minimum Gasteiger partial charge on any atom is -0.477 e. The Bertz CT molecular complexity index is 717. The van der Waals surface area contributed by atoms with Gasteiger partial charge in [0.2, 0.25) is 5.82 Å². The molecule has 0 aliphatic rings. The smallest absolute Gasteiger partial charge is 0.411 e. The van der Waals surface area contributed by atoms with Gasteiger partial charge in [0.15, 0.2) is 0 Å². The average molecular weight is 340 g/mol. The van der Waals surface area contributed by atoms with Gasteiger partial charge in [-0.3, -0.25) is 0 Å². The molecule has 23 heavy (non-hydrogen) atoms. The molecule has 0 unspecified atom stereocenters. The van der Waals surface area contributed by atoms with Crippen molar-refractivity contribution >= 4 is 5.97 Å². The highest BCUT2D eigenvalue weighted by Crippen LogP contribution is 2.51. The van der Waals surface area contributed by atoms with E-state index in [9.17, 15) is 31.1 Å². The summed E-state index contributed by atoms with van der Waals surface area (Å²) in [5.74, 6) is -24.1. The molecule has 11 heteroatoms. The summed E-state index contributed by atoms with van der Waals surface area (Å²) in [5.41, 5.74) is 0.103. The standard InChI is InChI=1S/C12H6F6N2O3/c13-10(14,12(17,18)11(15,16)9(21)22)8-19-7(20-23-8)6-4-2-1-3-5-6/h1-5H,(H,21,22). The number of carbonyl (C=O) groups is 1. The van der Waals surface area contributed by atoms with E-state index in [1.54, 1.807) is 6.07 Å². The second-order valence-corrected chi connectivity index (χ2v) is 4.32. The summed E-state index contributed by atoms with van der Waals surface area (Å²) in [5, 5.41) is 11.0. The molecule has 0 atom stereocenters. The number of hydrogen-bond acceptors (Lipinski definition) is 4. The Labute approximate surface area is 123 Å². The molecule has 0 aliphatic carbocycles. The van der Waals surface area contributed by atoms with E-state index in [4.69, 9.17) is 5.11 Å². The van der Waals surface area contributed by atoms with Gasteiger partial charge < -0.3 is 9.63 Å². The first-order valence-corrected chi connectivity index (χ1v) is 5.78. The zero-order chi connectivity index (χ0) is 17.5. The SMILES string of the molecule is O=C(O)C(F)(F)C(F)(F)C(F)(F)c1nc(-c2ccccc2)no1. The fourth-order valence-electron chi connectivity index (χ4n) is 1.52. The van der Waals surface area contributed by atoms with Crippen LogP contribution in [0.2, 0.25) is 0 Å². The highest BCUT2D eigenvalue weighted by molar-refractivity contribution is 5.77. The number of carboxylic acids is 1. The largest absolute Gasteiger partial charge is 0.477 e. The quantitative estimate of drug-likeness (QED) is 0.846. The average Bonchev–Trinajstić information content (AvgIpc) is 2.98. The topological polar surface area (TPSA) is 76.2 Å². The first-order valence-electron chi connectivity index (χ1n) is 5.78. The van der Waals surface area contributed by atoms with Crippen molar-refractivity contribution in [2.24, 2.45) is 0 Å². The lowest BCUT2D eigenvalue weighted by Crippen LogP contribution is -2.56. The Morgan fingerprint density at radius 2 is 1.61 bits per heavy atom. The van der Waals surface area contributed by atoms with Crippen molar-refractivity contribution < 1.29 is 40.8 Å². The molecule has 5 nitrogen and oxygen atoms in total. The molecule has 1 aromatic carbocycles. The van der Waals surface area contributed by atoms with Gasteiger partial charge in [0, 0.05) is 5.56 Å². The molecule has 0 fully saturated rings. The third-order valence-corrected chi connectivity index (χ3v) is 2.78. The van der Waals surface area contributed by atoms with E-state index >= 15 is 0 Å². The molecular formula is C12H6F6N2O3. The number of carboxylic acid groups (broad SMARTS) is 1. The molecule has 1 heterocycles. The van der Waals surface area contributed by atoms with Crippen LogP contribution in [0, 0.1) is 0 Å². The van der Waals surface area contributed by atoms with E-state index in [2.05, 4.69) is 14.7 Å². The van der Waals surface area contributed by atoms with Crippen molar-refractivity contribution in [1.82, 2.24) is 10.1 Å². The molecule has 0 aliphatic heterocycles. The van der Waals surface area contributed by atoms with E-state index in [1.165, 1.54) is 24.3 Å². The summed E-state index contributed by atoms with van der Waals surface area (Å²) >= 11 is 0. The molecule has 0 radical (unpaired) electrons. The molecule has 0 saturated carbocycles. The lowest BCUT2D eigenvalue weighted by Gasteiger charge is -2.27. The van der Waals surface area contributed by atoms with Crippen LogP contribution < -0.4 is 0 Å². The predicted octanol–water partition coefficient (Wildman–Crippen LogP) is 3.18. The van der Waals surface area contributed by atoms with Gasteiger partial charge in [-0.2, -0.15) is 31.3 Å². The van der Waals surface area contributed by atoms with Gasteiger partial charge in [-0.25, -0.2) is 4.79 Å². The Balaban J connectivity index is 2.45. The maximum absolute atomic E-state index is 13.6. The number of aliphatic carboxylic acids is 1. The minimum atomic E-state index is -6.29. The molecule has 2 aromatic rings. The van der Waals surface area contributed by atoms with E-state index in [1.807, 2.05) is 0 Å². The van der Waals surface area contributed by atoms with E-state index < -0.39 is 35.5 Å². The maximum atomic E-state index is 13.6. The first kappa shape index (κ1) is 16.8. The molecule has 0 saturated heterocycles. The first-order chi connectivity index (χ1) is 10.5. The Kier molecular flexibility index (Phi) is 3.83. The van der Waals surface area contributed by atoms with Crippen LogP contribution in [0.1, 0.15) is 5.89 Å². The molecule has 1 N–H and O–H groups in total.